The minimum Gasteiger partial charge on any atom is -0.399 e. The van der Waals surface area contributed by atoms with Crippen LogP contribution >= 0.6 is 11.6 Å². The first-order chi connectivity index (χ1) is 10.2. The normalized spacial score (nSPS) is 17.4. The molecule has 0 spiro atoms. The van der Waals surface area contributed by atoms with E-state index in [1.54, 1.807) is 18.2 Å². The monoisotopic (exact) mass is 305 g/mol. The smallest absolute Gasteiger partial charge is 0.259 e. The van der Waals surface area contributed by atoms with Crippen molar-refractivity contribution in [3.8, 4) is 11.5 Å². The van der Waals surface area contributed by atoms with Crippen LogP contribution in [0, 0.1) is 0 Å². The zero-order chi connectivity index (χ0) is 14.7. The first-order valence-corrected chi connectivity index (χ1v) is 8.01. The highest BCUT2D eigenvalue weighted by molar-refractivity contribution is 6.33. The maximum absolute atomic E-state index is 6.19. The number of benzene rings is 1. The number of nitrogens with zero attached hydrogens (tertiary/aromatic N) is 2. The molecule has 5 heteroatoms. The Morgan fingerprint density at radius 3 is 2.57 bits per heavy atom. The molecule has 4 nitrogen and oxygen atoms in total. The second-order valence-corrected chi connectivity index (χ2v) is 6.15. The van der Waals surface area contributed by atoms with E-state index in [0.29, 0.717) is 28.1 Å². The third-order valence-electron chi connectivity index (χ3n) is 4.13. The molecule has 1 fully saturated rings. The summed E-state index contributed by atoms with van der Waals surface area (Å²) < 4.78 is 5.41. The molecule has 0 saturated heterocycles. The van der Waals surface area contributed by atoms with E-state index in [0.717, 1.165) is 18.7 Å². The van der Waals surface area contributed by atoms with E-state index in [9.17, 15) is 0 Å². The van der Waals surface area contributed by atoms with E-state index in [-0.39, 0.29) is 0 Å². The van der Waals surface area contributed by atoms with E-state index in [1.165, 1.54) is 32.1 Å². The molecule has 1 aromatic heterocycles. The number of rotatable bonds is 2. The molecule has 21 heavy (non-hydrogen) atoms. The van der Waals surface area contributed by atoms with Gasteiger partial charge in [-0.15, -0.1) is 0 Å². The van der Waals surface area contributed by atoms with Gasteiger partial charge in [0.1, 0.15) is 0 Å². The first-order valence-electron chi connectivity index (χ1n) is 7.63. The first kappa shape index (κ1) is 14.4. The molecule has 1 aromatic carbocycles. The van der Waals surface area contributed by atoms with Crippen molar-refractivity contribution >= 4 is 17.3 Å². The van der Waals surface area contributed by atoms with Gasteiger partial charge in [-0.05, 0) is 31.0 Å². The van der Waals surface area contributed by atoms with Crippen LogP contribution < -0.4 is 5.73 Å². The third kappa shape index (κ3) is 3.38. The fraction of sp³-hybridized carbons (Fsp3) is 0.500. The Balaban J connectivity index is 1.83. The molecule has 3 rings (SSSR count). The van der Waals surface area contributed by atoms with Gasteiger partial charge in [0, 0.05) is 11.6 Å². The van der Waals surface area contributed by atoms with Gasteiger partial charge in [-0.3, -0.25) is 0 Å². The van der Waals surface area contributed by atoms with Gasteiger partial charge in [-0.2, -0.15) is 4.98 Å². The second-order valence-electron chi connectivity index (χ2n) is 5.74. The van der Waals surface area contributed by atoms with Gasteiger partial charge in [0.25, 0.3) is 5.89 Å². The van der Waals surface area contributed by atoms with Crippen molar-refractivity contribution in [3.05, 3.63) is 29.0 Å². The van der Waals surface area contributed by atoms with Crippen LogP contribution in [0.25, 0.3) is 11.5 Å². The van der Waals surface area contributed by atoms with Crippen molar-refractivity contribution in [2.24, 2.45) is 0 Å². The number of nitrogens with two attached hydrogens (primary N) is 1. The number of aromatic nitrogens is 2. The van der Waals surface area contributed by atoms with Crippen LogP contribution in [0.2, 0.25) is 5.02 Å². The Hall–Kier alpha value is -1.55. The summed E-state index contributed by atoms with van der Waals surface area (Å²) in [4.78, 5) is 4.56. The van der Waals surface area contributed by atoms with Gasteiger partial charge in [0.2, 0.25) is 0 Å². The molecule has 0 unspecified atom stereocenters. The molecule has 0 amide bonds. The van der Waals surface area contributed by atoms with Crippen molar-refractivity contribution in [2.75, 3.05) is 5.73 Å². The summed E-state index contributed by atoms with van der Waals surface area (Å²) in [5.41, 5.74) is 7.15. The van der Waals surface area contributed by atoms with E-state index >= 15 is 0 Å². The van der Waals surface area contributed by atoms with E-state index in [4.69, 9.17) is 21.9 Å². The Morgan fingerprint density at radius 2 is 1.81 bits per heavy atom. The number of halogens is 1. The molecule has 1 saturated carbocycles. The minimum atomic E-state index is 0.405. The molecule has 112 valence electrons. The lowest BCUT2D eigenvalue weighted by molar-refractivity contribution is 0.393. The van der Waals surface area contributed by atoms with Crippen LogP contribution in [0.5, 0.6) is 0 Å². The third-order valence-corrected chi connectivity index (χ3v) is 4.46. The molecule has 1 heterocycles. The average molecular weight is 306 g/mol. The van der Waals surface area contributed by atoms with Crippen molar-refractivity contribution in [3.63, 3.8) is 0 Å². The summed E-state index contributed by atoms with van der Waals surface area (Å²) in [7, 11) is 0. The predicted molar refractivity (Wildman–Crippen MR) is 84.2 cm³/mol. The van der Waals surface area contributed by atoms with E-state index in [1.807, 2.05) is 0 Å². The molecule has 0 atom stereocenters. The van der Waals surface area contributed by atoms with Crippen molar-refractivity contribution < 1.29 is 4.52 Å². The van der Waals surface area contributed by atoms with Crippen LogP contribution in [0.15, 0.2) is 22.7 Å². The van der Waals surface area contributed by atoms with Crippen molar-refractivity contribution in [2.45, 2.75) is 50.9 Å². The van der Waals surface area contributed by atoms with Gasteiger partial charge >= 0.3 is 0 Å². The summed E-state index contributed by atoms with van der Waals surface area (Å²) in [5, 5.41) is 4.75. The Morgan fingerprint density at radius 1 is 1.10 bits per heavy atom. The SMILES string of the molecule is Nc1ccc(Cl)c(-c2nc(C3CCCCCCC3)no2)c1. The molecule has 0 bridgehead atoms. The summed E-state index contributed by atoms with van der Waals surface area (Å²) in [6.07, 6.45) is 8.74. The maximum atomic E-state index is 6.19. The maximum Gasteiger partial charge on any atom is 0.259 e. The van der Waals surface area contributed by atoms with Crippen LogP contribution in [-0.2, 0) is 0 Å². The zero-order valence-corrected chi connectivity index (χ0v) is 12.8. The Bertz CT molecular complexity index is 603. The fourth-order valence-corrected chi connectivity index (χ4v) is 3.13. The van der Waals surface area contributed by atoms with Crippen molar-refractivity contribution in [1.29, 1.82) is 0 Å². The van der Waals surface area contributed by atoms with E-state index in [2.05, 4.69) is 10.1 Å². The highest BCUT2D eigenvalue weighted by Crippen LogP contribution is 2.33. The molecular formula is C16H20ClN3O. The average Bonchev–Trinajstić information content (AvgIpc) is 2.90. The molecule has 2 aromatic rings. The lowest BCUT2D eigenvalue weighted by atomic mass is 9.91. The molecule has 0 aliphatic heterocycles. The van der Waals surface area contributed by atoms with Gasteiger partial charge < -0.3 is 10.3 Å². The standard InChI is InChI=1S/C16H20ClN3O/c17-14-9-8-12(18)10-13(14)16-19-15(20-21-16)11-6-4-2-1-3-5-7-11/h8-11H,1-7,18H2. The van der Waals surface area contributed by atoms with Gasteiger partial charge in [-0.1, -0.05) is 48.9 Å². The molecule has 2 N–H and O–H groups in total. The Kier molecular flexibility index (Phi) is 4.44. The Labute approximate surface area is 129 Å². The number of hydrogen-bond donors (Lipinski definition) is 1. The van der Waals surface area contributed by atoms with Gasteiger partial charge in [-0.25, -0.2) is 0 Å². The highest BCUT2D eigenvalue weighted by Gasteiger charge is 2.20. The number of nitrogen functional groups attached to an aromatic ring is 1. The minimum absolute atomic E-state index is 0.405. The van der Waals surface area contributed by atoms with Crippen LogP contribution in [0.1, 0.15) is 56.7 Å². The van der Waals surface area contributed by atoms with Crippen molar-refractivity contribution in [1.82, 2.24) is 10.1 Å². The molecule has 1 aliphatic rings. The zero-order valence-electron chi connectivity index (χ0n) is 12.0. The van der Waals surface area contributed by atoms with E-state index < -0.39 is 0 Å². The largest absolute Gasteiger partial charge is 0.399 e. The van der Waals surface area contributed by atoms with Gasteiger partial charge in [0.15, 0.2) is 5.82 Å². The summed E-state index contributed by atoms with van der Waals surface area (Å²) in [6, 6.07) is 5.29. The van der Waals surface area contributed by atoms with Gasteiger partial charge in [0.05, 0.1) is 10.6 Å². The number of hydrogen-bond acceptors (Lipinski definition) is 4. The van der Waals surface area contributed by atoms with Crippen LogP contribution in [-0.4, -0.2) is 10.1 Å². The topological polar surface area (TPSA) is 64.9 Å². The summed E-state index contributed by atoms with van der Waals surface area (Å²) in [6.45, 7) is 0. The molecule has 1 aliphatic carbocycles. The summed E-state index contributed by atoms with van der Waals surface area (Å²) >= 11 is 6.19. The van der Waals surface area contributed by atoms with Crippen LogP contribution in [0.4, 0.5) is 5.69 Å². The fourth-order valence-electron chi connectivity index (χ4n) is 2.93. The summed E-state index contributed by atoms with van der Waals surface area (Å²) in [5.74, 6) is 1.68. The highest BCUT2D eigenvalue weighted by atomic mass is 35.5. The number of anilines is 1. The second kappa shape index (κ2) is 6.48. The quantitative estimate of drug-likeness (QED) is 0.809. The van der Waals surface area contributed by atoms with Crippen LogP contribution in [0.3, 0.4) is 0 Å². The lowest BCUT2D eigenvalue weighted by Gasteiger charge is -2.15. The molecule has 0 radical (unpaired) electrons. The lowest BCUT2D eigenvalue weighted by Crippen LogP contribution is -2.04. The molecular weight excluding hydrogens is 286 g/mol. The predicted octanol–water partition coefficient (Wildman–Crippen LogP) is 4.80.